The summed E-state index contributed by atoms with van der Waals surface area (Å²) in [5, 5.41) is 7.56. The molecule has 0 spiro atoms. The third kappa shape index (κ3) is 3.55. The van der Waals surface area contributed by atoms with Crippen LogP contribution in [0.4, 0.5) is 0 Å². The number of hydrogen-bond acceptors (Lipinski definition) is 4. The normalized spacial score (nSPS) is 23.6. The summed E-state index contributed by atoms with van der Waals surface area (Å²) in [5.74, 6) is 0.223. The van der Waals surface area contributed by atoms with Crippen molar-refractivity contribution in [1.29, 1.82) is 0 Å². The Kier molecular flexibility index (Phi) is 4.96. The minimum Gasteiger partial charge on any atom is -0.322 e. The number of carbonyl (C=O) groups excluding carboxylic acids is 1. The Morgan fingerprint density at radius 1 is 1.42 bits per heavy atom. The number of rotatable bonds is 6. The van der Waals surface area contributed by atoms with Crippen LogP contribution in [0.1, 0.15) is 31.5 Å². The molecule has 1 aromatic heterocycles. The maximum atomic E-state index is 12.2. The van der Waals surface area contributed by atoms with Gasteiger partial charge in [0.2, 0.25) is 5.91 Å². The largest absolute Gasteiger partial charge is 0.322 e. The van der Waals surface area contributed by atoms with Crippen LogP contribution in [0.3, 0.4) is 0 Å². The number of thiophene rings is 1. The van der Waals surface area contributed by atoms with Crippen LogP contribution in [0, 0.1) is 0 Å². The maximum Gasteiger partial charge on any atom is 0.241 e. The van der Waals surface area contributed by atoms with E-state index in [4.69, 9.17) is 0 Å². The van der Waals surface area contributed by atoms with E-state index >= 15 is 0 Å². The maximum absolute atomic E-state index is 12.2. The van der Waals surface area contributed by atoms with Gasteiger partial charge in [-0.1, -0.05) is 0 Å². The van der Waals surface area contributed by atoms with Crippen LogP contribution in [0.5, 0.6) is 0 Å². The molecule has 1 fully saturated rings. The molecule has 0 radical (unpaired) electrons. The van der Waals surface area contributed by atoms with Crippen molar-refractivity contribution < 1.29 is 4.79 Å². The number of amides is 1. The summed E-state index contributed by atoms with van der Waals surface area (Å²) >= 11 is 1.68. The fourth-order valence-corrected chi connectivity index (χ4v) is 3.11. The summed E-state index contributed by atoms with van der Waals surface area (Å²) in [6, 6.07) is 2.03. The fourth-order valence-electron chi connectivity index (χ4n) is 2.43. The molecule has 0 aliphatic carbocycles. The molecule has 0 bridgehead atoms. The van der Waals surface area contributed by atoms with Gasteiger partial charge in [-0.3, -0.25) is 10.1 Å². The van der Waals surface area contributed by atoms with E-state index in [-0.39, 0.29) is 18.1 Å². The van der Waals surface area contributed by atoms with Gasteiger partial charge in [-0.15, -0.1) is 0 Å². The zero-order chi connectivity index (χ0) is 13.8. The molecule has 2 rings (SSSR count). The highest BCUT2D eigenvalue weighted by Crippen LogP contribution is 2.27. The number of hydrogen-bond donors (Lipinski definition) is 1. The zero-order valence-corrected chi connectivity index (χ0v) is 12.7. The quantitative estimate of drug-likeness (QED) is 0.809. The Balaban J connectivity index is 1.93. The lowest BCUT2D eigenvalue weighted by molar-refractivity contribution is -0.129. The van der Waals surface area contributed by atoms with Crippen LogP contribution in [-0.4, -0.2) is 48.9 Å². The summed E-state index contributed by atoms with van der Waals surface area (Å²) in [7, 11) is 4.16. The van der Waals surface area contributed by atoms with Crippen molar-refractivity contribution in [1.82, 2.24) is 15.1 Å². The Hall–Kier alpha value is -0.910. The third-order valence-electron chi connectivity index (χ3n) is 3.49. The Bertz CT molecular complexity index is 405. The van der Waals surface area contributed by atoms with Gasteiger partial charge in [0.05, 0.1) is 6.04 Å². The van der Waals surface area contributed by atoms with Crippen LogP contribution < -0.4 is 5.32 Å². The highest BCUT2D eigenvalue weighted by atomic mass is 32.1. The van der Waals surface area contributed by atoms with Crippen molar-refractivity contribution in [3.05, 3.63) is 22.4 Å². The Labute approximate surface area is 119 Å². The second-order valence-corrected chi connectivity index (χ2v) is 6.17. The molecule has 19 heavy (non-hydrogen) atoms. The van der Waals surface area contributed by atoms with Gasteiger partial charge in [-0.25, -0.2) is 0 Å². The zero-order valence-electron chi connectivity index (χ0n) is 11.9. The second kappa shape index (κ2) is 6.50. The van der Waals surface area contributed by atoms with Crippen molar-refractivity contribution in [2.24, 2.45) is 0 Å². The number of nitrogens with zero attached hydrogens (tertiary/aromatic N) is 2. The third-order valence-corrected chi connectivity index (χ3v) is 4.19. The standard InChI is InChI=1S/C14H23N3OS/c1-11-14(18)17(8-5-4-7-16(2)3)13(15-11)12-6-9-19-10-12/h6,9-11,13,15H,4-5,7-8H2,1-3H3. The average molecular weight is 281 g/mol. The Morgan fingerprint density at radius 2 is 2.21 bits per heavy atom. The molecule has 1 aliphatic rings. The SMILES string of the molecule is CC1NC(c2ccsc2)N(CCCCN(C)C)C1=O. The van der Waals surface area contributed by atoms with Gasteiger partial charge >= 0.3 is 0 Å². The van der Waals surface area contributed by atoms with Gasteiger partial charge in [-0.2, -0.15) is 11.3 Å². The molecule has 2 heterocycles. The molecule has 1 aromatic rings. The lowest BCUT2D eigenvalue weighted by atomic mass is 10.2. The predicted molar refractivity (Wildman–Crippen MR) is 79.2 cm³/mol. The summed E-state index contributed by atoms with van der Waals surface area (Å²) in [6.45, 7) is 3.86. The molecule has 1 amide bonds. The summed E-state index contributed by atoms with van der Waals surface area (Å²) in [4.78, 5) is 16.4. The predicted octanol–water partition coefficient (Wildman–Crippen LogP) is 1.91. The van der Waals surface area contributed by atoms with Crippen molar-refractivity contribution in [2.45, 2.75) is 32.0 Å². The first-order chi connectivity index (χ1) is 9.09. The summed E-state index contributed by atoms with van der Waals surface area (Å²) in [6.07, 6.45) is 2.24. The molecule has 1 aliphatic heterocycles. The first kappa shape index (κ1) is 14.5. The molecule has 2 atom stereocenters. The van der Waals surface area contributed by atoms with Gasteiger partial charge in [0, 0.05) is 6.54 Å². The minimum atomic E-state index is -0.0706. The van der Waals surface area contributed by atoms with Gasteiger partial charge in [0.1, 0.15) is 6.17 Å². The molecule has 0 saturated carbocycles. The van der Waals surface area contributed by atoms with Gasteiger partial charge in [0.25, 0.3) is 0 Å². The van der Waals surface area contributed by atoms with E-state index in [1.54, 1.807) is 11.3 Å². The van der Waals surface area contributed by atoms with Gasteiger partial charge < -0.3 is 9.80 Å². The number of carbonyl (C=O) groups is 1. The van der Waals surface area contributed by atoms with Crippen molar-refractivity contribution >= 4 is 17.2 Å². The van der Waals surface area contributed by atoms with E-state index < -0.39 is 0 Å². The van der Waals surface area contributed by atoms with Gasteiger partial charge in [-0.05, 0) is 62.8 Å². The topological polar surface area (TPSA) is 35.6 Å². The Morgan fingerprint density at radius 3 is 2.84 bits per heavy atom. The summed E-state index contributed by atoms with van der Waals surface area (Å²) < 4.78 is 0. The van der Waals surface area contributed by atoms with Crippen LogP contribution >= 0.6 is 11.3 Å². The fraction of sp³-hybridized carbons (Fsp3) is 0.643. The summed E-state index contributed by atoms with van der Waals surface area (Å²) in [5.41, 5.74) is 1.20. The number of unbranched alkanes of at least 4 members (excludes halogenated alkanes) is 1. The van der Waals surface area contributed by atoms with Crippen LogP contribution in [0.25, 0.3) is 0 Å². The lowest BCUT2D eigenvalue weighted by Gasteiger charge is -2.24. The van der Waals surface area contributed by atoms with E-state index in [1.807, 2.05) is 11.8 Å². The molecular formula is C14H23N3OS. The lowest BCUT2D eigenvalue weighted by Crippen LogP contribution is -2.31. The second-order valence-electron chi connectivity index (χ2n) is 5.39. The highest BCUT2D eigenvalue weighted by molar-refractivity contribution is 7.07. The molecule has 1 saturated heterocycles. The molecule has 106 valence electrons. The van der Waals surface area contributed by atoms with Crippen molar-refractivity contribution in [3.8, 4) is 0 Å². The minimum absolute atomic E-state index is 0.0631. The van der Waals surface area contributed by atoms with E-state index in [2.05, 4.69) is 41.1 Å². The smallest absolute Gasteiger partial charge is 0.241 e. The van der Waals surface area contributed by atoms with Crippen LogP contribution in [0.15, 0.2) is 16.8 Å². The monoisotopic (exact) mass is 281 g/mol. The van der Waals surface area contributed by atoms with E-state index in [9.17, 15) is 4.79 Å². The van der Waals surface area contributed by atoms with E-state index in [1.165, 1.54) is 5.56 Å². The molecule has 1 N–H and O–H groups in total. The molecule has 4 nitrogen and oxygen atoms in total. The van der Waals surface area contributed by atoms with Crippen LogP contribution in [0.2, 0.25) is 0 Å². The molecule has 2 unspecified atom stereocenters. The van der Waals surface area contributed by atoms with E-state index in [0.29, 0.717) is 0 Å². The number of nitrogens with one attached hydrogen (secondary N) is 1. The molecular weight excluding hydrogens is 258 g/mol. The molecule has 5 heteroatoms. The highest BCUT2D eigenvalue weighted by Gasteiger charge is 2.36. The average Bonchev–Trinajstić information content (AvgIpc) is 2.96. The molecule has 0 aromatic carbocycles. The van der Waals surface area contributed by atoms with Crippen molar-refractivity contribution in [3.63, 3.8) is 0 Å². The van der Waals surface area contributed by atoms with Gasteiger partial charge in [0.15, 0.2) is 0 Å². The first-order valence-corrected chi connectivity index (χ1v) is 7.77. The van der Waals surface area contributed by atoms with E-state index in [0.717, 1.165) is 25.9 Å². The first-order valence-electron chi connectivity index (χ1n) is 6.83. The van der Waals surface area contributed by atoms with Crippen molar-refractivity contribution in [2.75, 3.05) is 27.2 Å². The van der Waals surface area contributed by atoms with Crippen LogP contribution in [-0.2, 0) is 4.79 Å².